The molecule has 0 saturated carbocycles. The average molecular weight is 543 g/mol. The van der Waals surface area contributed by atoms with E-state index in [0.29, 0.717) is 11.1 Å². The first kappa shape index (κ1) is 27.5. The van der Waals surface area contributed by atoms with Crippen molar-refractivity contribution < 1.29 is 23.8 Å². The minimum Gasteiger partial charge on any atom is -0.388 e. The topological polar surface area (TPSA) is 64.0 Å². The highest BCUT2D eigenvalue weighted by Crippen LogP contribution is 2.30. The Bertz CT molecular complexity index is 1310. The Morgan fingerprint density at radius 2 is 0.925 bits per heavy atom. The molecule has 5 rings (SSSR count). The van der Waals surface area contributed by atoms with E-state index in [4.69, 9.17) is 0 Å². The maximum absolute atomic E-state index is 14.5. The zero-order valence-electron chi connectivity index (χ0n) is 22.0. The summed E-state index contributed by atoms with van der Waals surface area (Å²) in [7, 11) is 0. The van der Waals surface area contributed by atoms with Crippen molar-refractivity contribution in [3.05, 3.63) is 143 Å². The van der Waals surface area contributed by atoms with E-state index in [0.717, 1.165) is 11.1 Å². The molecule has 7 heteroatoms. The first-order valence-electron chi connectivity index (χ1n) is 13.4. The molecule has 1 aliphatic rings. The lowest BCUT2D eigenvalue weighted by Gasteiger charge is -2.36. The Morgan fingerprint density at radius 3 is 1.30 bits per heavy atom. The van der Waals surface area contributed by atoms with E-state index in [1.54, 1.807) is 24.3 Å². The SMILES string of the molecule is O=C1N(Cc2cccc(F)c2)C(Cc2ccccc2)C(O)C(O)C(Cc2ccccc2)N1Cc1cccc(F)c1. The van der Waals surface area contributed by atoms with Gasteiger partial charge in [-0.05, 0) is 59.4 Å². The summed E-state index contributed by atoms with van der Waals surface area (Å²) < 4.78 is 28.3. The van der Waals surface area contributed by atoms with E-state index in [-0.39, 0.29) is 25.9 Å². The average Bonchev–Trinajstić information content (AvgIpc) is 3.02. The van der Waals surface area contributed by atoms with Crippen molar-refractivity contribution in [2.75, 3.05) is 0 Å². The van der Waals surface area contributed by atoms with Crippen LogP contribution in [0.2, 0.25) is 0 Å². The van der Waals surface area contributed by atoms with Crippen LogP contribution in [0.25, 0.3) is 0 Å². The molecule has 2 amide bonds. The second kappa shape index (κ2) is 12.4. The van der Waals surface area contributed by atoms with Crippen molar-refractivity contribution in [3.63, 3.8) is 0 Å². The van der Waals surface area contributed by atoms with Crippen LogP contribution >= 0.6 is 0 Å². The summed E-state index contributed by atoms with van der Waals surface area (Å²) in [6, 6.07) is 28.8. The summed E-state index contributed by atoms with van der Waals surface area (Å²) in [5.41, 5.74) is 2.88. The van der Waals surface area contributed by atoms with Gasteiger partial charge in [0.25, 0.3) is 0 Å². The monoisotopic (exact) mass is 542 g/mol. The summed E-state index contributed by atoms with van der Waals surface area (Å²) in [4.78, 5) is 17.5. The second-order valence-corrected chi connectivity index (χ2v) is 10.3. The molecule has 1 heterocycles. The molecule has 4 unspecified atom stereocenters. The third-order valence-corrected chi connectivity index (χ3v) is 7.49. The second-order valence-electron chi connectivity index (χ2n) is 10.3. The molecule has 0 aliphatic carbocycles. The summed E-state index contributed by atoms with van der Waals surface area (Å²) in [6.07, 6.45) is -2.04. The van der Waals surface area contributed by atoms with Crippen molar-refractivity contribution in [3.8, 4) is 0 Å². The molecule has 0 bridgehead atoms. The van der Waals surface area contributed by atoms with Crippen LogP contribution in [0.15, 0.2) is 109 Å². The number of benzene rings is 4. The van der Waals surface area contributed by atoms with E-state index in [1.807, 2.05) is 60.7 Å². The van der Waals surface area contributed by atoms with E-state index < -0.39 is 42.0 Å². The van der Waals surface area contributed by atoms with Gasteiger partial charge in [-0.2, -0.15) is 0 Å². The number of urea groups is 1. The van der Waals surface area contributed by atoms with E-state index in [9.17, 15) is 23.8 Å². The molecule has 5 nitrogen and oxygen atoms in total. The number of hydrogen-bond donors (Lipinski definition) is 2. The number of hydrogen-bond acceptors (Lipinski definition) is 3. The largest absolute Gasteiger partial charge is 0.388 e. The molecule has 1 aliphatic heterocycles. The molecular weight excluding hydrogens is 510 g/mol. The molecule has 40 heavy (non-hydrogen) atoms. The molecule has 4 aromatic rings. The normalized spacial score (nSPS) is 21.4. The number of rotatable bonds is 8. The number of aliphatic hydroxyl groups is 2. The quantitative estimate of drug-likeness (QED) is 0.316. The number of carbonyl (C=O) groups is 1. The predicted molar refractivity (Wildman–Crippen MR) is 149 cm³/mol. The lowest BCUT2D eigenvalue weighted by molar-refractivity contribution is -0.0408. The molecule has 0 radical (unpaired) electrons. The minimum absolute atomic E-state index is 0.0234. The molecule has 1 saturated heterocycles. The van der Waals surface area contributed by atoms with Gasteiger partial charge in [-0.25, -0.2) is 13.6 Å². The van der Waals surface area contributed by atoms with Crippen LogP contribution in [0.4, 0.5) is 13.6 Å². The maximum atomic E-state index is 14.5. The third kappa shape index (κ3) is 6.38. The zero-order chi connectivity index (χ0) is 28.1. The first-order valence-corrected chi connectivity index (χ1v) is 13.4. The van der Waals surface area contributed by atoms with Gasteiger partial charge >= 0.3 is 6.03 Å². The van der Waals surface area contributed by atoms with Gasteiger partial charge in [-0.15, -0.1) is 0 Å². The molecule has 0 spiro atoms. The Morgan fingerprint density at radius 1 is 0.550 bits per heavy atom. The number of aliphatic hydroxyl groups excluding tert-OH is 2. The van der Waals surface area contributed by atoms with Gasteiger partial charge in [-0.3, -0.25) is 0 Å². The van der Waals surface area contributed by atoms with E-state index >= 15 is 0 Å². The van der Waals surface area contributed by atoms with E-state index in [1.165, 1.54) is 34.1 Å². The number of nitrogens with zero attached hydrogens (tertiary/aromatic N) is 2. The van der Waals surface area contributed by atoms with Crippen LogP contribution in [0.5, 0.6) is 0 Å². The summed E-state index contributed by atoms with van der Waals surface area (Å²) in [6.45, 7) is 0.0468. The Balaban J connectivity index is 1.59. The van der Waals surface area contributed by atoms with Gasteiger partial charge in [0.05, 0.1) is 12.1 Å². The highest BCUT2D eigenvalue weighted by molar-refractivity contribution is 5.76. The van der Waals surface area contributed by atoms with Crippen LogP contribution in [-0.4, -0.2) is 50.3 Å². The molecule has 4 aromatic carbocycles. The van der Waals surface area contributed by atoms with Crippen molar-refractivity contribution >= 4 is 6.03 Å². The Hall–Kier alpha value is -4.07. The van der Waals surface area contributed by atoms with Gasteiger partial charge in [0.15, 0.2) is 0 Å². The fraction of sp³-hybridized carbons (Fsp3) is 0.242. The Kier molecular flexibility index (Phi) is 8.53. The molecule has 1 fully saturated rings. The number of halogens is 2. The van der Waals surface area contributed by atoms with E-state index in [2.05, 4.69) is 0 Å². The third-order valence-electron chi connectivity index (χ3n) is 7.49. The molecule has 2 N–H and O–H groups in total. The zero-order valence-corrected chi connectivity index (χ0v) is 22.0. The summed E-state index contributed by atoms with van der Waals surface area (Å²) in [5, 5.41) is 23.3. The van der Waals surface area contributed by atoms with Crippen LogP contribution in [0.1, 0.15) is 22.3 Å². The fourth-order valence-corrected chi connectivity index (χ4v) is 5.48. The molecule has 4 atom stereocenters. The highest BCUT2D eigenvalue weighted by atomic mass is 19.1. The number of amides is 2. The van der Waals surface area contributed by atoms with Crippen molar-refractivity contribution in [1.29, 1.82) is 0 Å². The summed E-state index contributed by atoms with van der Waals surface area (Å²) >= 11 is 0. The standard InChI is InChI=1S/C33H32F2N2O3/c34-27-15-7-13-25(17-27)21-36-29(19-23-9-3-1-4-10-23)31(38)32(39)30(20-24-11-5-2-6-12-24)37(33(36)40)22-26-14-8-16-28(35)18-26/h1-18,29-32,38-39H,19-22H2. The van der Waals surface area contributed by atoms with Gasteiger partial charge in [0, 0.05) is 13.1 Å². The van der Waals surface area contributed by atoms with Crippen LogP contribution in [0.3, 0.4) is 0 Å². The van der Waals surface area contributed by atoms with Crippen molar-refractivity contribution in [2.24, 2.45) is 0 Å². The van der Waals surface area contributed by atoms with Gasteiger partial charge in [0.1, 0.15) is 23.8 Å². The van der Waals surface area contributed by atoms with Crippen LogP contribution in [-0.2, 0) is 25.9 Å². The Labute approximate surface area is 232 Å². The minimum atomic E-state index is -1.30. The molecule has 206 valence electrons. The smallest absolute Gasteiger partial charge is 0.321 e. The van der Waals surface area contributed by atoms with Crippen LogP contribution < -0.4 is 0 Å². The van der Waals surface area contributed by atoms with Crippen molar-refractivity contribution in [1.82, 2.24) is 9.80 Å². The van der Waals surface area contributed by atoms with Gasteiger partial charge in [0.2, 0.25) is 0 Å². The summed E-state index contributed by atoms with van der Waals surface area (Å²) in [5.74, 6) is -0.864. The van der Waals surface area contributed by atoms with Gasteiger partial charge in [-0.1, -0.05) is 84.9 Å². The maximum Gasteiger partial charge on any atom is 0.321 e. The van der Waals surface area contributed by atoms with Crippen molar-refractivity contribution in [2.45, 2.75) is 50.2 Å². The lowest BCUT2D eigenvalue weighted by Crippen LogP contribution is -2.50. The van der Waals surface area contributed by atoms with Gasteiger partial charge < -0.3 is 20.0 Å². The fourth-order valence-electron chi connectivity index (χ4n) is 5.48. The molecular formula is C33H32F2N2O3. The molecule has 0 aromatic heterocycles. The first-order chi connectivity index (χ1) is 19.4. The van der Waals surface area contributed by atoms with Crippen LogP contribution in [0, 0.1) is 11.6 Å². The number of carbonyl (C=O) groups excluding carboxylic acids is 1. The lowest BCUT2D eigenvalue weighted by atomic mass is 9.91. The predicted octanol–water partition coefficient (Wildman–Crippen LogP) is 5.35. The highest BCUT2D eigenvalue weighted by Gasteiger charge is 2.46.